The van der Waals surface area contributed by atoms with Crippen LogP contribution in [-0.2, 0) is 0 Å². The summed E-state index contributed by atoms with van der Waals surface area (Å²) < 4.78 is 0. The molecule has 0 aromatic carbocycles. The summed E-state index contributed by atoms with van der Waals surface area (Å²) in [4.78, 5) is 3.03. The average Bonchev–Trinajstić information content (AvgIpc) is 2.38. The summed E-state index contributed by atoms with van der Waals surface area (Å²) in [6.45, 7) is 4.28. The van der Waals surface area contributed by atoms with E-state index in [4.69, 9.17) is 0 Å². The standard InChI is InChI=1S/C9H13N/c1-3-4-8(2)9-5-6-10-7-9/h4-7,10H,3H2,1-2H3/b8-4-. The molecule has 10 heavy (non-hydrogen) atoms. The van der Waals surface area contributed by atoms with E-state index in [1.807, 2.05) is 12.4 Å². The molecule has 0 amide bonds. The van der Waals surface area contributed by atoms with E-state index in [-0.39, 0.29) is 0 Å². The van der Waals surface area contributed by atoms with Gasteiger partial charge in [-0.2, -0.15) is 0 Å². The van der Waals surface area contributed by atoms with Crippen LogP contribution in [0.2, 0.25) is 0 Å². The third-order valence-corrected chi connectivity index (χ3v) is 1.56. The van der Waals surface area contributed by atoms with Crippen molar-refractivity contribution in [3.05, 3.63) is 30.1 Å². The highest BCUT2D eigenvalue weighted by Crippen LogP contribution is 2.11. The topological polar surface area (TPSA) is 15.8 Å². The zero-order valence-electron chi connectivity index (χ0n) is 6.52. The van der Waals surface area contributed by atoms with Crippen molar-refractivity contribution in [2.45, 2.75) is 20.3 Å². The van der Waals surface area contributed by atoms with Crippen LogP contribution in [0.4, 0.5) is 0 Å². The van der Waals surface area contributed by atoms with E-state index in [9.17, 15) is 0 Å². The molecule has 0 radical (unpaired) electrons. The molecule has 1 heterocycles. The summed E-state index contributed by atoms with van der Waals surface area (Å²) in [6, 6.07) is 2.08. The van der Waals surface area contributed by atoms with Gasteiger partial charge in [-0.05, 0) is 30.5 Å². The van der Waals surface area contributed by atoms with E-state index >= 15 is 0 Å². The van der Waals surface area contributed by atoms with E-state index in [1.165, 1.54) is 11.1 Å². The summed E-state index contributed by atoms with van der Waals surface area (Å²) in [7, 11) is 0. The van der Waals surface area contributed by atoms with Crippen molar-refractivity contribution in [2.24, 2.45) is 0 Å². The van der Waals surface area contributed by atoms with Crippen LogP contribution >= 0.6 is 0 Å². The van der Waals surface area contributed by atoms with Crippen LogP contribution in [-0.4, -0.2) is 4.98 Å². The van der Waals surface area contributed by atoms with Crippen molar-refractivity contribution in [2.75, 3.05) is 0 Å². The predicted molar refractivity (Wildman–Crippen MR) is 44.7 cm³/mol. The monoisotopic (exact) mass is 135 g/mol. The summed E-state index contributed by atoms with van der Waals surface area (Å²) in [5.74, 6) is 0. The molecule has 1 heteroatoms. The van der Waals surface area contributed by atoms with Crippen molar-refractivity contribution >= 4 is 5.57 Å². The number of hydrogen-bond donors (Lipinski definition) is 1. The first-order chi connectivity index (χ1) is 4.84. The van der Waals surface area contributed by atoms with E-state index < -0.39 is 0 Å². The Kier molecular flexibility index (Phi) is 2.32. The normalized spacial score (nSPS) is 12.0. The number of nitrogens with one attached hydrogen (secondary N) is 1. The minimum absolute atomic E-state index is 1.11. The molecule has 1 N–H and O–H groups in total. The smallest absolute Gasteiger partial charge is 0.00806 e. The quantitative estimate of drug-likeness (QED) is 0.641. The molecule has 0 saturated carbocycles. The third kappa shape index (κ3) is 1.50. The van der Waals surface area contributed by atoms with Gasteiger partial charge in [0.25, 0.3) is 0 Å². The first-order valence-corrected chi connectivity index (χ1v) is 3.64. The van der Waals surface area contributed by atoms with Gasteiger partial charge in [-0.25, -0.2) is 0 Å². The molecule has 0 bridgehead atoms. The van der Waals surface area contributed by atoms with Crippen LogP contribution in [0.3, 0.4) is 0 Å². The molecule has 0 aliphatic rings. The van der Waals surface area contributed by atoms with Crippen molar-refractivity contribution in [1.82, 2.24) is 4.98 Å². The predicted octanol–water partition coefficient (Wildman–Crippen LogP) is 2.83. The summed E-state index contributed by atoms with van der Waals surface area (Å²) in [5, 5.41) is 0. The molecule has 1 nitrogen and oxygen atoms in total. The summed E-state index contributed by atoms with van der Waals surface area (Å²) in [6.07, 6.45) is 7.30. The van der Waals surface area contributed by atoms with E-state index in [0.29, 0.717) is 0 Å². The highest BCUT2D eigenvalue weighted by atomic mass is 14.6. The Labute approximate surface area is 61.8 Å². The second kappa shape index (κ2) is 3.25. The molecular formula is C9H13N. The molecule has 1 aromatic rings. The lowest BCUT2D eigenvalue weighted by Crippen LogP contribution is -1.71. The van der Waals surface area contributed by atoms with E-state index in [1.54, 1.807) is 0 Å². The second-order valence-corrected chi connectivity index (χ2v) is 2.40. The molecule has 54 valence electrons. The second-order valence-electron chi connectivity index (χ2n) is 2.40. The number of aromatic amines is 1. The molecule has 0 aliphatic carbocycles. The van der Waals surface area contributed by atoms with Gasteiger partial charge in [0.15, 0.2) is 0 Å². The SMILES string of the molecule is CC/C=C(/C)c1cc[nH]c1. The fourth-order valence-corrected chi connectivity index (χ4v) is 0.993. The average molecular weight is 135 g/mol. The van der Waals surface area contributed by atoms with E-state index in [2.05, 4.69) is 31.0 Å². The van der Waals surface area contributed by atoms with Gasteiger partial charge in [-0.1, -0.05) is 13.0 Å². The van der Waals surface area contributed by atoms with Crippen molar-refractivity contribution in [1.29, 1.82) is 0 Å². The van der Waals surface area contributed by atoms with Crippen LogP contribution in [0, 0.1) is 0 Å². The number of allylic oxidation sites excluding steroid dienone is 2. The molecule has 0 unspecified atom stereocenters. The van der Waals surface area contributed by atoms with Gasteiger partial charge in [0.1, 0.15) is 0 Å². The Morgan fingerprint density at radius 1 is 1.70 bits per heavy atom. The minimum atomic E-state index is 1.11. The molecule has 0 fully saturated rings. The van der Waals surface area contributed by atoms with Crippen molar-refractivity contribution < 1.29 is 0 Å². The molecule has 1 aromatic heterocycles. The summed E-state index contributed by atoms with van der Waals surface area (Å²) in [5.41, 5.74) is 2.64. The fourth-order valence-electron chi connectivity index (χ4n) is 0.993. The van der Waals surface area contributed by atoms with E-state index in [0.717, 1.165) is 6.42 Å². The van der Waals surface area contributed by atoms with Gasteiger partial charge in [0, 0.05) is 12.4 Å². The van der Waals surface area contributed by atoms with Gasteiger partial charge in [-0.15, -0.1) is 0 Å². The van der Waals surface area contributed by atoms with Gasteiger partial charge in [0.2, 0.25) is 0 Å². The minimum Gasteiger partial charge on any atom is -0.367 e. The maximum absolute atomic E-state index is 3.03. The fraction of sp³-hybridized carbons (Fsp3) is 0.333. The Bertz CT molecular complexity index is 207. The Morgan fingerprint density at radius 3 is 3.00 bits per heavy atom. The lowest BCUT2D eigenvalue weighted by molar-refractivity contribution is 1.22. The number of hydrogen-bond acceptors (Lipinski definition) is 0. The molecule has 0 spiro atoms. The van der Waals surface area contributed by atoms with Gasteiger partial charge >= 0.3 is 0 Å². The number of H-pyrrole nitrogens is 1. The molecule has 0 atom stereocenters. The third-order valence-electron chi connectivity index (χ3n) is 1.56. The lowest BCUT2D eigenvalue weighted by atomic mass is 10.1. The first kappa shape index (κ1) is 7.13. The molecule has 1 rings (SSSR count). The van der Waals surface area contributed by atoms with Gasteiger partial charge in [0.05, 0.1) is 0 Å². The highest BCUT2D eigenvalue weighted by molar-refractivity contribution is 5.62. The van der Waals surface area contributed by atoms with Crippen LogP contribution in [0.1, 0.15) is 25.8 Å². The zero-order valence-corrected chi connectivity index (χ0v) is 6.52. The number of aromatic nitrogens is 1. The lowest BCUT2D eigenvalue weighted by Gasteiger charge is -1.93. The zero-order chi connectivity index (χ0) is 7.40. The Morgan fingerprint density at radius 2 is 2.50 bits per heavy atom. The summed E-state index contributed by atoms with van der Waals surface area (Å²) >= 11 is 0. The Hall–Kier alpha value is -0.980. The maximum atomic E-state index is 3.03. The molecular weight excluding hydrogens is 122 g/mol. The number of rotatable bonds is 2. The van der Waals surface area contributed by atoms with Gasteiger partial charge < -0.3 is 4.98 Å². The largest absolute Gasteiger partial charge is 0.367 e. The van der Waals surface area contributed by atoms with Gasteiger partial charge in [-0.3, -0.25) is 0 Å². The van der Waals surface area contributed by atoms with Crippen LogP contribution in [0.25, 0.3) is 5.57 Å². The molecule has 0 aliphatic heterocycles. The van der Waals surface area contributed by atoms with Crippen molar-refractivity contribution in [3.63, 3.8) is 0 Å². The highest BCUT2D eigenvalue weighted by Gasteiger charge is 1.91. The first-order valence-electron chi connectivity index (χ1n) is 3.64. The Balaban J connectivity index is 2.77. The molecule has 0 saturated heterocycles. The van der Waals surface area contributed by atoms with Crippen LogP contribution in [0.15, 0.2) is 24.5 Å². The maximum Gasteiger partial charge on any atom is 0.00806 e. The van der Waals surface area contributed by atoms with Crippen LogP contribution in [0.5, 0.6) is 0 Å². The van der Waals surface area contributed by atoms with Crippen molar-refractivity contribution in [3.8, 4) is 0 Å². The van der Waals surface area contributed by atoms with Crippen LogP contribution < -0.4 is 0 Å².